The fourth-order valence-corrected chi connectivity index (χ4v) is 6.22. The van der Waals surface area contributed by atoms with Crippen molar-refractivity contribution in [2.45, 2.75) is 45.3 Å². The van der Waals surface area contributed by atoms with Gasteiger partial charge in [0, 0.05) is 0 Å². The van der Waals surface area contributed by atoms with E-state index in [4.69, 9.17) is 4.74 Å². The molecule has 0 radical (unpaired) electrons. The molecule has 0 aliphatic rings. The summed E-state index contributed by atoms with van der Waals surface area (Å²) in [4.78, 5) is 0. The molecule has 0 aliphatic carbocycles. The molecule has 1 atom stereocenters. The summed E-state index contributed by atoms with van der Waals surface area (Å²) >= 11 is 2.04. The molecule has 4 aromatic carbocycles. The molecular weight excluding hydrogens is 444 g/mol. The fourth-order valence-electron chi connectivity index (χ4n) is 4.61. The van der Waals surface area contributed by atoms with Gasteiger partial charge in [-0.2, -0.15) is 0 Å². The minimum absolute atomic E-state index is 0. The van der Waals surface area contributed by atoms with E-state index in [1.54, 1.807) is 7.11 Å². The number of benzene rings is 4. The van der Waals surface area contributed by atoms with E-state index in [0.717, 1.165) is 24.3 Å². The van der Waals surface area contributed by atoms with Gasteiger partial charge in [0.25, 0.3) is 0 Å². The second kappa shape index (κ2) is 13.8. The van der Waals surface area contributed by atoms with Gasteiger partial charge >= 0.3 is 0 Å². The second-order valence-electron chi connectivity index (χ2n) is 8.29. The Morgan fingerprint density at radius 1 is 0.657 bits per heavy atom. The molecule has 0 bridgehead atoms. The van der Waals surface area contributed by atoms with Gasteiger partial charge in [0.15, 0.2) is 0 Å². The molecule has 0 N–H and O–H groups in total. The van der Waals surface area contributed by atoms with E-state index in [1.807, 2.05) is 11.8 Å². The molecule has 4 aromatic rings. The van der Waals surface area contributed by atoms with Crippen molar-refractivity contribution in [1.29, 1.82) is 0 Å². The summed E-state index contributed by atoms with van der Waals surface area (Å²) in [6, 6.07) is 41.4. The summed E-state index contributed by atoms with van der Waals surface area (Å²) in [5, 5.41) is 0. The van der Waals surface area contributed by atoms with E-state index >= 15 is 0 Å². The third-order valence-corrected chi connectivity index (χ3v) is 7.99. The van der Waals surface area contributed by atoms with Crippen LogP contribution in [0.2, 0.25) is 0 Å². The summed E-state index contributed by atoms with van der Waals surface area (Å²) in [6.07, 6.45) is 2.29. The van der Waals surface area contributed by atoms with Crippen LogP contribution in [0.5, 0.6) is 5.75 Å². The first kappa shape index (κ1) is 28.3. The average molecular weight is 485 g/mol. The molecule has 184 valence electrons. The minimum atomic E-state index is -0.288. The maximum atomic E-state index is 5.46. The third-order valence-electron chi connectivity index (χ3n) is 6.41. The van der Waals surface area contributed by atoms with Crippen molar-refractivity contribution in [3.63, 3.8) is 0 Å². The first-order valence-electron chi connectivity index (χ1n) is 11.7. The zero-order chi connectivity index (χ0) is 22.9. The van der Waals surface area contributed by atoms with E-state index in [9.17, 15) is 0 Å². The maximum Gasteiger partial charge on any atom is 0.118 e. The molecule has 35 heavy (non-hydrogen) atoms. The van der Waals surface area contributed by atoms with Crippen LogP contribution in [-0.4, -0.2) is 12.9 Å². The smallest absolute Gasteiger partial charge is 0.118 e. The molecular formula is C33H40OS. The van der Waals surface area contributed by atoms with Crippen LogP contribution in [0.25, 0.3) is 0 Å². The minimum Gasteiger partial charge on any atom is -0.497 e. The molecule has 0 amide bonds. The van der Waals surface area contributed by atoms with Crippen molar-refractivity contribution in [2.24, 2.45) is 0 Å². The molecule has 0 saturated carbocycles. The van der Waals surface area contributed by atoms with Gasteiger partial charge in [0.05, 0.1) is 11.9 Å². The van der Waals surface area contributed by atoms with E-state index < -0.39 is 0 Å². The first-order chi connectivity index (χ1) is 16.3. The van der Waals surface area contributed by atoms with E-state index in [1.165, 1.54) is 22.3 Å². The van der Waals surface area contributed by atoms with E-state index in [0.29, 0.717) is 5.92 Å². The van der Waals surface area contributed by atoms with Gasteiger partial charge < -0.3 is 4.74 Å². The standard InChI is InChI=1S/C31H32OS.2CH4/c1-3-25(26-13-7-4-8-14-26)23-24-33-31(27-15-9-5-10-16-27,28-17-11-6-12-18-28)29-19-21-30(32-2)22-20-29;;/h4-22,25H,3,23-24H2,1-2H3;2*1H4. The monoisotopic (exact) mass is 484 g/mol. The van der Waals surface area contributed by atoms with Gasteiger partial charge in [-0.25, -0.2) is 0 Å². The van der Waals surface area contributed by atoms with Gasteiger partial charge in [-0.3, -0.25) is 0 Å². The molecule has 0 saturated heterocycles. The number of rotatable bonds is 10. The average Bonchev–Trinajstić information content (AvgIpc) is 2.91. The van der Waals surface area contributed by atoms with Gasteiger partial charge in [0.2, 0.25) is 0 Å². The lowest BCUT2D eigenvalue weighted by Crippen LogP contribution is -2.26. The second-order valence-corrected chi connectivity index (χ2v) is 9.60. The van der Waals surface area contributed by atoms with Gasteiger partial charge in [-0.05, 0) is 58.9 Å². The number of methoxy groups -OCH3 is 1. The van der Waals surface area contributed by atoms with Gasteiger partial charge in [-0.15, -0.1) is 11.8 Å². The van der Waals surface area contributed by atoms with Gasteiger partial charge in [0.1, 0.15) is 5.75 Å². The molecule has 0 heterocycles. The highest BCUT2D eigenvalue weighted by molar-refractivity contribution is 8.00. The Kier molecular flexibility index (Phi) is 11.1. The predicted octanol–water partition coefficient (Wildman–Crippen LogP) is 9.58. The highest BCUT2D eigenvalue weighted by Crippen LogP contribution is 2.49. The topological polar surface area (TPSA) is 9.23 Å². The van der Waals surface area contributed by atoms with Crippen molar-refractivity contribution >= 4 is 11.8 Å². The van der Waals surface area contributed by atoms with Crippen LogP contribution in [0.15, 0.2) is 115 Å². The maximum absolute atomic E-state index is 5.46. The highest BCUT2D eigenvalue weighted by Gasteiger charge is 2.37. The Balaban J connectivity index is 0.00000216. The summed E-state index contributed by atoms with van der Waals surface area (Å²) in [7, 11) is 1.72. The highest BCUT2D eigenvalue weighted by atomic mass is 32.2. The molecule has 4 rings (SSSR count). The Labute approximate surface area is 217 Å². The lowest BCUT2D eigenvalue weighted by molar-refractivity contribution is 0.414. The zero-order valence-corrected chi connectivity index (χ0v) is 20.3. The lowest BCUT2D eigenvalue weighted by Gasteiger charge is -2.36. The van der Waals surface area contributed by atoms with Crippen molar-refractivity contribution in [2.75, 3.05) is 12.9 Å². The van der Waals surface area contributed by atoms with Gasteiger partial charge in [-0.1, -0.05) is 125 Å². The quantitative estimate of drug-likeness (QED) is 0.207. The summed E-state index contributed by atoms with van der Waals surface area (Å²) in [6.45, 7) is 2.30. The van der Waals surface area contributed by atoms with Crippen molar-refractivity contribution < 1.29 is 4.74 Å². The zero-order valence-electron chi connectivity index (χ0n) is 19.5. The summed E-state index contributed by atoms with van der Waals surface area (Å²) in [5.41, 5.74) is 5.33. The normalized spacial score (nSPS) is 11.6. The predicted molar refractivity (Wildman–Crippen MR) is 156 cm³/mol. The van der Waals surface area contributed by atoms with E-state index in [2.05, 4.69) is 122 Å². The first-order valence-corrected chi connectivity index (χ1v) is 12.7. The number of ether oxygens (including phenoxy) is 1. The molecule has 1 unspecified atom stereocenters. The SMILES string of the molecule is C.C.CCC(CCSC(c1ccccc1)(c1ccccc1)c1ccc(OC)cc1)c1ccccc1. The molecule has 0 spiro atoms. The Morgan fingerprint density at radius 2 is 1.11 bits per heavy atom. The summed E-state index contributed by atoms with van der Waals surface area (Å²) in [5.74, 6) is 2.51. The third kappa shape index (κ3) is 6.38. The Bertz CT molecular complexity index is 1050. The lowest BCUT2D eigenvalue weighted by atomic mass is 9.84. The number of hydrogen-bond acceptors (Lipinski definition) is 2. The number of thioether (sulfide) groups is 1. The molecule has 0 fully saturated rings. The van der Waals surface area contributed by atoms with Crippen LogP contribution in [0, 0.1) is 0 Å². The van der Waals surface area contributed by atoms with E-state index in [-0.39, 0.29) is 19.6 Å². The van der Waals surface area contributed by atoms with Crippen molar-refractivity contribution in [3.8, 4) is 5.75 Å². The number of hydrogen-bond donors (Lipinski definition) is 0. The van der Waals surface area contributed by atoms with Crippen LogP contribution < -0.4 is 4.74 Å². The largest absolute Gasteiger partial charge is 0.497 e. The Hall–Kier alpha value is -2.97. The van der Waals surface area contributed by atoms with Crippen molar-refractivity contribution in [3.05, 3.63) is 138 Å². The fraction of sp³-hybridized carbons (Fsp3) is 0.273. The molecule has 2 heteroatoms. The molecule has 1 nitrogen and oxygen atoms in total. The van der Waals surface area contributed by atoms with Crippen LogP contribution in [0.1, 0.15) is 62.8 Å². The van der Waals surface area contributed by atoms with Crippen molar-refractivity contribution in [1.82, 2.24) is 0 Å². The van der Waals surface area contributed by atoms with Crippen LogP contribution in [-0.2, 0) is 4.75 Å². The van der Waals surface area contributed by atoms with Crippen LogP contribution in [0.3, 0.4) is 0 Å². The van der Waals surface area contributed by atoms with Crippen LogP contribution in [0.4, 0.5) is 0 Å². The molecule has 0 aliphatic heterocycles. The van der Waals surface area contributed by atoms with Crippen LogP contribution >= 0.6 is 11.8 Å². The summed E-state index contributed by atoms with van der Waals surface area (Å²) < 4.78 is 5.17. The Morgan fingerprint density at radius 3 is 1.57 bits per heavy atom. The molecule has 0 aromatic heterocycles.